The van der Waals surface area contributed by atoms with Gasteiger partial charge in [-0.25, -0.2) is 4.79 Å². The fourth-order valence-corrected chi connectivity index (χ4v) is 3.11. The molecule has 1 heterocycles. The van der Waals surface area contributed by atoms with Crippen LogP contribution in [0.2, 0.25) is 0 Å². The number of Topliss-reactive ketones (excluding diaryl/α,β-unsaturated/α-hetero) is 1. The van der Waals surface area contributed by atoms with E-state index in [-0.39, 0.29) is 17.0 Å². The Kier molecular flexibility index (Phi) is 5.78. The molecule has 2 aromatic rings. The van der Waals surface area contributed by atoms with Crippen LogP contribution < -0.4 is 9.47 Å². The minimum atomic E-state index is -0.422. The smallest absolute Gasteiger partial charge is 0.415 e. The van der Waals surface area contributed by atoms with Crippen molar-refractivity contribution in [1.82, 2.24) is 4.90 Å². The first-order valence-electron chi connectivity index (χ1n) is 9.88. The molecule has 0 aromatic heterocycles. The normalized spacial score (nSPS) is 14.5. The molecule has 2 aromatic carbocycles. The standard InChI is InChI=1S/C24H27NO4/c1-6-25(7-2)23(27)28-18-12-13-19-20(15-18)29-21(22(19)26)14-16-8-10-17(11-9-16)24(3,4)5/h8-15H,6-7H2,1-5H3/b21-14-. The highest BCUT2D eigenvalue weighted by Crippen LogP contribution is 2.35. The topological polar surface area (TPSA) is 55.8 Å². The minimum absolute atomic E-state index is 0.0700. The second kappa shape index (κ2) is 8.11. The van der Waals surface area contributed by atoms with E-state index >= 15 is 0 Å². The van der Waals surface area contributed by atoms with E-state index in [1.807, 2.05) is 26.0 Å². The zero-order chi connectivity index (χ0) is 21.2. The largest absolute Gasteiger partial charge is 0.452 e. The van der Waals surface area contributed by atoms with Gasteiger partial charge < -0.3 is 14.4 Å². The van der Waals surface area contributed by atoms with Crippen LogP contribution in [0.5, 0.6) is 11.5 Å². The number of nitrogens with zero attached hydrogens (tertiary/aromatic N) is 1. The second-order valence-corrected chi connectivity index (χ2v) is 8.01. The van der Waals surface area contributed by atoms with Crippen LogP contribution in [0.4, 0.5) is 4.79 Å². The number of allylic oxidation sites excluding steroid dienone is 1. The summed E-state index contributed by atoms with van der Waals surface area (Å²) in [4.78, 5) is 26.4. The Hall–Kier alpha value is -3.08. The molecule has 0 fully saturated rings. The van der Waals surface area contributed by atoms with Crippen LogP contribution in [-0.2, 0) is 5.41 Å². The van der Waals surface area contributed by atoms with Gasteiger partial charge in [0.25, 0.3) is 0 Å². The molecule has 0 aliphatic carbocycles. The first-order chi connectivity index (χ1) is 13.7. The van der Waals surface area contributed by atoms with Gasteiger partial charge in [-0.2, -0.15) is 0 Å². The van der Waals surface area contributed by atoms with E-state index in [0.717, 1.165) is 5.56 Å². The molecule has 0 unspecified atom stereocenters. The maximum absolute atomic E-state index is 12.7. The molecule has 1 amide bonds. The lowest BCUT2D eigenvalue weighted by molar-refractivity contribution is 0.101. The van der Waals surface area contributed by atoms with E-state index in [2.05, 4.69) is 32.9 Å². The molecule has 3 rings (SSSR count). The van der Waals surface area contributed by atoms with Crippen LogP contribution in [0.1, 0.15) is 56.1 Å². The zero-order valence-electron chi connectivity index (χ0n) is 17.6. The quantitative estimate of drug-likeness (QED) is 0.649. The lowest BCUT2D eigenvalue weighted by atomic mass is 9.86. The van der Waals surface area contributed by atoms with Gasteiger partial charge in [0.1, 0.15) is 11.5 Å². The molecule has 5 heteroatoms. The van der Waals surface area contributed by atoms with Crippen molar-refractivity contribution in [3.05, 3.63) is 64.9 Å². The third-order valence-corrected chi connectivity index (χ3v) is 4.94. The predicted octanol–water partition coefficient (Wildman–Crippen LogP) is 5.44. The average molecular weight is 393 g/mol. The highest BCUT2D eigenvalue weighted by Gasteiger charge is 2.28. The second-order valence-electron chi connectivity index (χ2n) is 8.01. The number of hydrogen-bond donors (Lipinski definition) is 0. The Morgan fingerprint density at radius 3 is 2.31 bits per heavy atom. The lowest BCUT2D eigenvalue weighted by Gasteiger charge is -2.18. The molecule has 0 radical (unpaired) electrons. The number of benzene rings is 2. The fraction of sp³-hybridized carbons (Fsp3) is 0.333. The highest BCUT2D eigenvalue weighted by molar-refractivity contribution is 6.14. The molecule has 0 bridgehead atoms. The number of hydrogen-bond acceptors (Lipinski definition) is 4. The van der Waals surface area contributed by atoms with Crippen LogP contribution in [0.25, 0.3) is 6.08 Å². The van der Waals surface area contributed by atoms with Crippen molar-refractivity contribution in [3.63, 3.8) is 0 Å². The molecule has 152 valence electrons. The molecule has 0 atom stereocenters. The number of fused-ring (bicyclic) bond motifs is 1. The number of carbonyl (C=O) groups excluding carboxylic acids is 2. The monoisotopic (exact) mass is 393 g/mol. The van der Waals surface area contributed by atoms with Gasteiger partial charge in [0.15, 0.2) is 5.76 Å². The van der Waals surface area contributed by atoms with Gasteiger partial charge in [-0.15, -0.1) is 0 Å². The van der Waals surface area contributed by atoms with E-state index in [1.54, 1.807) is 29.2 Å². The first-order valence-corrected chi connectivity index (χ1v) is 9.88. The molecule has 0 saturated carbocycles. The Morgan fingerprint density at radius 1 is 1.07 bits per heavy atom. The van der Waals surface area contributed by atoms with Crippen LogP contribution in [0, 0.1) is 0 Å². The summed E-state index contributed by atoms with van der Waals surface area (Å²) >= 11 is 0. The average Bonchev–Trinajstić information content (AvgIpc) is 2.97. The first kappa shape index (κ1) is 20.6. The zero-order valence-corrected chi connectivity index (χ0v) is 17.6. The van der Waals surface area contributed by atoms with Gasteiger partial charge in [0.05, 0.1) is 5.56 Å². The van der Waals surface area contributed by atoms with Crippen molar-refractivity contribution in [2.45, 2.75) is 40.0 Å². The van der Waals surface area contributed by atoms with E-state index in [4.69, 9.17) is 9.47 Å². The summed E-state index contributed by atoms with van der Waals surface area (Å²) in [5.41, 5.74) is 2.65. The molecule has 29 heavy (non-hydrogen) atoms. The van der Waals surface area contributed by atoms with Crippen molar-refractivity contribution in [2.75, 3.05) is 13.1 Å². The van der Waals surface area contributed by atoms with Gasteiger partial charge in [0, 0.05) is 19.2 Å². The summed E-state index contributed by atoms with van der Waals surface area (Å²) in [5, 5.41) is 0. The van der Waals surface area contributed by atoms with Crippen molar-refractivity contribution in [3.8, 4) is 11.5 Å². The maximum Gasteiger partial charge on any atom is 0.415 e. The minimum Gasteiger partial charge on any atom is -0.452 e. The van der Waals surface area contributed by atoms with Crippen molar-refractivity contribution >= 4 is 18.0 Å². The Morgan fingerprint density at radius 2 is 1.72 bits per heavy atom. The van der Waals surface area contributed by atoms with Crippen LogP contribution >= 0.6 is 0 Å². The fourth-order valence-electron chi connectivity index (χ4n) is 3.11. The van der Waals surface area contributed by atoms with E-state index in [9.17, 15) is 9.59 Å². The van der Waals surface area contributed by atoms with E-state index in [1.165, 1.54) is 5.56 Å². The van der Waals surface area contributed by atoms with Crippen LogP contribution in [-0.4, -0.2) is 29.9 Å². The summed E-state index contributed by atoms with van der Waals surface area (Å²) in [5.74, 6) is 0.832. The maximum atomic E-state index is 12.7. The summed E-state index contributed by atoms with van der Waals surface area (Å²) in [6.07, 6.45) is 1.31. The summed E-state index contributed by atoms with van der Waals surface area (Å²) in [7, 11) is 0. The van der Waals surface area contributed by atoms with E-state index < -0.39 is 6.09 Å². The SMILES string of the molecule is CCN(CC)C(=O)Oc1ccc2c(c1)O/C(=C\c1ccc(C(C)(C)C)cc1)C2=O. The summed E-state index contributed by atoms with van der Waals surface area (Å²) in [6.45, 7) is 11.4. The molecule has 0 spiro atoms. The molecule has 0 saturated heterocycles. The number of ketones is 1. The molecule has 0 N–H and O–H groups in total. The van der Waals surface area contributed by atoms with E-state index in [0.29, 0.717) is 30.2 Å². The van der Waals surface area contributed by atoms with Crippen molar-refractivity contribution in [2.24, 2.45) is 0 Å². The number of carbonyl (C=O) groups is 2. The lowest BCUT2D eigenvalue weighted by Crippen LogP contribution is -2.33. The number of rotatable bonds is 4. The van der Waals surface area contributed by atoms with Gasteiger partial charge in [-0.05, 0) is 48.6 Å². The summed E-state index contributed by atoms with van der Waals surface area (Å²) < 4.78 is 11.2. The third-order valence-electron chi connectivity index (χ3n) is 4.94. The number of ether oxygens (including phenoxy) is 2. The van der Waals surface area contributed by atoms with Gasteiger partial charge in [-0.1, -0.05) is 45.0 Å². The van der Waals surface area contributed by atoms with Gasteiger partial charge in [-0.3, -0.25) is 4.79 Å². The molecule has 5 nitrogen and oxygen atoms in total. The molecular formula is C24H27NO4. The molecule has 1 aliphatic rings. The van der Waals surface area contributed by atoms with Gasteiger partial charge in [0.2, 0.25) is 5.78 Å². The summed E-state index contributed by atoms with van der Waals surface area (Å²) in [6, 6.07) is 12.9. The number of amides is 1. The van der Waals surface area contributed by atoms with Crippen molar-refractivity contribution < 1.29 is 19.1 Å². The molecule has 1 aliphatic heterocycles. The van der Waals surface area contributed by atoms with Crippen molar-refractivity contribution in [1.29, 1.82) is 0 Å². The van der Waals surface area contributed by atoms with Crippen LogP contribution in [0.15, 0.2) is 48.2 Å². The Balaban J connectivity index is 1.78. The Bertz CT molecular complexity index is 948. The Labute approximate surface area is 171 Å². The van der Waals surface area contributed by atoms with Crippen LogP contribution in [0.3, 0.4) is 0 Å². The predicted molar refractivity (Wildman–Crippen MR) is 113 cm³/mol. The van der Waals surface area contributed by atoms with Gasteiger partial charge >= 0.3 is 6.09 Å². The molecular weight excluding hydrogens is 366 g/mol. The highest BCUT2D eigenvalue weighted by atomic mass is 16.6. The third kappa shape index (κ3) is 4.50.